The zero-order valence-electron chi connectivity index (χ0n) is 7.63. The largest absolute Gasteiger partial charge is 0.458 e. The Morgan fingerprint density at radius 1 is 1.45 bits per heavy atom. The number of aromatic nitrogens is 2. The minimum Gasteiger partial charge on any atom is -0.458 e. The first kappa shape index (κ1) is 8.37. The summed E-state index contributed by atoms with van der Waals surface area (Å²) in [5, 5.41) is 0. The van der Waals surface area contributed by atoms with Crippen LogP contribution in [0.2, 0.25) is 0 Å². The molecule has 0 aliphatic heterocycles. The predicted octanol–water partition coefficient (Wildman–Crippen LogP) is -0.139. The molecule has 1 aromatic heterocycles. The molecule has 0 bridgehead atoms. The van der Waals surface area contributed by atoms with Crippen molar-refractivity contribution < 1.29 is 4.57 Å². The van der Waals surface area contributed by atoms with Crippen LogP contribution in [-0.4, -0.2) is 12.4 Å². The predicted molar refractivity (Wildman–Crippen MR) is 46.0 cm³/mol. The van der Waals surface area contributed by atoms with Gasteiger partial charge in [0.05, 0.1) is 12.6 Å². The number of rotatable bonds is 0. The summed E-state index contributed by atoms with van der Waals surface area (Å²) in [6.07, 6.45) is 3.95. The zero-order valence-corrected chi connectivity index (χ0v) is 7.63. The molecule has 0 atom stereocenters. The maximum absolute atomic E-state index is 5.81. The van der Waals surface area contributed by atoms with Crippen molar-refractivity contribution in [1.82, 2.24) is 4.57 Å². The van der Waals surface area contributed by atoms with Crippen molar-refractivity contribution >= 4 is 13.6 Å². The Labute approximate surface area is 69.3 Å². The second-order valence-electron chi connectivity index (χ2n) is 3.81. The van der Waals surface area contributed by atoms with E-state index in [2.05, 4.69) is 20.8 Å². The van der Waals surface area contributed by atoms with Crippen molar-refractivity contribution in [2.75, 3.05) is 0 Å². The van der Waals surface area contributed by atoms with E-state index in [-0.39, 0.29) is 5.54 Å². The van der Waals surface area contributed by atoms with Gasteiger partial charge in [-0.3, -0.25) is 9.13 Å². The van der Waals surface area contributed by atoms with Crippen molar-refractivity contribution in [2.24, 2.45) is 7.05 Å². The number of hydrogen-bond acceptors (Lipinski definition) is 0. The van der Waals surface area contributed by atoms with Crippen molar-refractivity contribution in [1.29, 1.82) is 0 Å². The van der Waals surface area contributed by atoms with Crippen LogP contribution in [0.15, 0.2) is 12.4 Å². The molecular formula is C8H14BN2. The lowest BCUT2D eigenvalue weighted by molar-refractivity contribution is -0.653. The smallest absolute Gasteiger partial charge is 0.126 e. The quantitative estimate of drug-likeness (QED) is 0.358. The molecule has 11 heavy (non-hydrogen) atoms. The maximum atomic E-state index is 5.81. The number of hydrogen-bond donors (Lipinski definition) is 0. The first-order valence-electron chi connectivity index (χ1n) is 3.76. The Hall–Kier alpha value is -0.725. The molecule has 59 valence electrons. The van der Waals surface area contributed by atoms with Gasteiger partial charge in [0.25, 0.3) is 0 Å². The summed E-state index contributed by atoms with van der Waals surface area (Å²) in [7, 11) is 7.76. The van der Waals surface area contributed by atoms with Crippen LogP contribution >= 0.6 is 0 Å². The van der Waals surface area contributed by atoms with E-state index in [1.54, 1.807) is 0 Å². The van der Waals surface area contributed by atoms with E-state index in [4.69, 9.17) is 7.85 Å². The van der Waals surface area contributed by atoms with Gasteiger partial charge in [0.1, 0.15) is 12.4 Å². The molecule has 1 heterocycles. The fourth-order valence-electron chi connectivity index (χ4n) is 1.06. The fourth-order valence-corrected chi connectivity index (χ4v) is 1.06. The fraction of sp³-hybridized carbons (Fsp3) is 0.625. The van der Waals surface area contributed by atoms with Gasteiger partial charge >= 0.3 is 0 Å². The second kappa shape index (κ2) is 2.40. The Kier molecular flexibility index (Phi) is 1.82. The van der Waals surface area contributed by atoms with E-state index >= 15 is 0 Å². The molecule has 0 saturated heterocycles. The molecule has 0 N–H and O–H groups in total. The molecule has 2 nitrogen and oxygen atoms in total. The van der Waals surface area contributed by atoms with Crippen LogP contribution in [0, 0.1) is 0 Å². The lowest BCUT2D eigenvalue weighted by atomic mass is 10.0. The molecule has 0 aliphatic carbocycles. The number of aryl methyl sites for hydroxylation is 1. The third-order valence-electron chi connectivity index (χ3n) is 1.77. The standard InChI is InChI=1S/C8H14BN2/c1-8(2,3)11-6-5-10(4)7(11)9/h5-6H,1-4H3. The first-order chi connectivity index (χ1) is 4.93. The summed E-state index contributed by atoms with van der Waals surface area (Å²) >= 11 is 0. The van der Waals surface area contributed by atoms with Gasteiger partial charge in [0.15, 0.2) is 0 Å². The van der Waals surface area contributed by atoms with Crippen LogP contribution in [0.4, 0.5) is 0 Å². The van der Waals surface area contributed by atoms with Crippen molar-refractivity contribution in [3.05, 3.63) is 12.4 Å². The Morgan fingerprint density at radius 2 is 2.00 bits per heavy atom. The molecule has 3 radical (unpaired) electrons. The second-order valence-corrected chi connectivity index (χ2v) is 3.81. The van der Waals surface area contributed by atoms with Crippen molar-refractivity contribution in [3.63, 3.8) is 0 Å². The molecule has 0 aliphatic rings. The molecule has 3 heteroatoms. The average molecular weight is 149 g/mol. The summed E-state index contributed by atoms with van der Waals surface area (Å²) in [6, 6.07) is 0. The lowest BCUT2D eigenvalue weighted by Gasteiger charge is -2.21. The Bertz CT molecular complexity index is 258. The van der Waals surface area contributed by atoms with Gasteiger partial charge in [-0.1, -0.05) is 0 Å². The zero-order chi connectivity index (χ0) is 8.65. The van der Waals surface area contributed by atoms with Gasteiger partial charge in [0, 0.05) is 0 Å². The normalized spacial score (nSPS) is 12.1. The molecule has 0 saturated carbocycles. The van der Waals surface area contributed by atoms with Gasteiger partial charge < -0.3 is 7.85 Å². The van der Waals surface area contributed by atoms with Crippen LogP contribution < -0.4 is 10.3 Å². The van der Waals surface area contributed by atoms with E-state index in [1.807, 2.05) is 28.6 Å². The molecule has 0 spiro atoms. The van der Waals surface area contributed by atoms with Crippen molar-refractivity contribution in [2.45, 2.75) is 26.3 Å². The molecule has 0 unspecified atom stereocenters. The van der Waals surface area contributed by atoms with Gasteiger partial charge in [-0.2, -0.15) is 0 Å². The SMILES string of the molecule is [B-]c1n(C(C)(C)C)cc[n+]1C. The molecule has 0 fully saturated rings. The summed E-state index contributed by atoms with van der Waals surface area (Å²) < 4.78 is 3.96. The summed E-state index contributed by atoms with van der Waals surface area (Å²) in [5.41, 5.74) is 0.864. The average Bonchev–Trinajstić information content (AvgIpc) is 2.11. The highest BCUT2D eigenvalue weighted by Crippen LogP contribution is 2.09. The number of imidazole rings is 1. The Balaban J connectivity index is 3.15. The molecule has 1 aromatic rings. The Morgan fingerprint density at radius 3 is 2.18 bits per heavy atom. The third kappa shape index (κ3) is 1.47. The lowest BCUT2D eigenvalue weighted by Crippen LogP contribution is -2.49. The summed E-state index contributed by atoms with van der Waals surface area (Å²) in [6.45, 7) is 6.38. The van der Waals surface area contributed by atoms with Crippen LogP contribution in [-0.2, 0) is 12.6 Å². The van der Waals surface area contributed by atoms with Crippen LogP contribution in [0.3, 0.4) is 0 Å². The molecular weight excluding hydrogens is 135 g/mol. The highest BCUT2D eigenvalue weighted by atomic mass is 15.2. The molecule has 1 rings (SSSR count). The maximum Gasteiger partial charge on any atom is 0.126 e. The van der Waals surface area contributed by atoms with Gasteiger partial charge in [0.2, 0.25) is 0 Å². The van der Waals surface area contributed by atoms with E-state index in [1.165, 1.54) is 0 Å². The van der Waals surface area contributed by atoms with Crippen LogP contribution in [0.25, 0.3) is 0 Å². The van der Waals surface area contributed by atoms with E-state index < -0.39 is 0 Å². The highest BCUT2D eigenvalue weighted by molar-refractivity contribution is 6.28. The monoisotopic (exact) mass is 149 g/mol. The minimum atomic E-state index is 0.0747. The minimum absolute atomic E-state index is 0.0747. The van der Waals surface area contributed by atoms with Gasteiger partial charge in [-0.15, -0.1) is 0 Å². The highest BCUT2D eigenvalue weighted by Gasteiger charge is 2.17. The molecule has 0 aromatic carbocycles. The summed E-state index contributed by atoms with van der Waals surface area (Å²) in [5.74, 6) is 0. The van der Waals surface area contributed by atoms with Crippen LogP contribution in [0.5, 0.6) is 0 Å². The van der Waals surface area contributed by atoms with Crippen LogP contribution in [0.1, 0.15) is 20.8 Å². The topological polar surface area (TPSA) is 8.81 Å². The summed E-state index contributed by atoms with van der Waals surface area (Å²) in [4.78, 5) is 0. The number of nitrogens with zero attached hydrogens (tertiary/aromatic N) is 2. The van der Waals surface area contributed by atoms with Gasteiger partial charge in [-0.05, 0) is 26.5 Å². The van der Waals surface area contributed by atoms with E-state index in [0.717, 1.165) is 5.72 Å². The van der Waals surface area contributed by atoms with Crippen molar-refractivity contribution in [3.8, 4) is 0 Å². The molecule has 0 amide bonds. The van der Waals surface area contributed by atoms with E-state index in [0.29, 0.717) is 0 Å². The van der Waals surface area contributed by atoms with Gasteiger partial charge in [-0.25, -0.2) is 0 Å². The first-order valence-corrected chi connectivity index (χ1v) is 3.76. The third-order valence-corrected chi connectivity index (χ3v) is 1.77. The van der Waals surface area contributed by atoms with E-state index in [9.17, 15) is 0 Å².